The van der Waals surface area contributed by atoms with E-state index in [0.717, 1.165) is 16.7 Å². The molecule has 0 bridgehead atoms. The van der Waals surface area contributed by atoms with Crippen molar-refractivity contribution in [2.75, 3.05) is 11.9 Å². The highest BCUT2D eigenvalue weighted by atomic mass is 19.4. The van der Waals surface area contributed by atoms with Crippen molar-refractivity contribution in [1.82, 2.24) is 20.1 Å². The second kappa shape index (κ2) is 12.9. The lowest BCUT2D eigenvalue weighted by molar-refractivity contribution is -0.141. The first-order valence-electron chi connectivity index (χ1n) is 14.7. The first-order chi connectivity index (χ1) is 21.0. The number of aromatic nitrogens is 3. The fraction of sp³-hybridized carbons (Fsp3) is 0.364. The number of hydrogen-bond donors (Lipinski definition) is 3. The van der Waals surface area contributed by atoms with Gasteiger partial charge in [0.1, 0.15) is 11.5 Å². The van der Waals surface area contributed by atoms with Gasteiger partial charge in [0.05, 0.1) is 16.9 Å². The summed E-state index contributed by atoms with van der Waals surface area (Å²) in [6.07, 6.45) is 2.67. The van der Waals surface area contributed by atoms with Gasteiger partial charge < -0.3 is 16.4 Å². The Kier molecular flexibility index (Phi) is 9.17. The van der Waals surface area contributed by atoms with Gasteiger partial charge in [-0.05, 0) is 78.2 Å². The summed E-state index contributed by atoms with van der Waals surface area (Å²) in [5.41, 5.74) is 5.65. The molecule has 2 heterocycles. The number of nitrogens with one attached hydrogen (secondary N) is 2. The molecule has 1 saturated carbocycles. The van der Waals surface area contributed by atoms with Crippen molar-refractivity contribution in [1.29, 1.82) is 0 Å². The number of rotatable bonds is 12. The fourth-order valence-electron chi connectivity index (χ4n) is 5.33. The van der Waals surface area contributed by atoms with E-state index in [4.69, 9.17) is 5.73 Å². The van der Waals surface area contributed by atoms with Crippen LogP contribution in [0.15, 0.2) is 73.1 Å². The number of halogens is 4. The van der Waals surface area contributed by atoms with Crippen LogP contribution in [0.25, 0.3) is 5.69 Å². The molecule has 7 nitrogen and oxygen atoms in total. The summed E-state index contributed by atoms with van der Waals surface area (Å²) in [5.74, 6) is -0.734. The van der Waals surface area contributed by atoms with Crippen LogP contribution in [0.4, 0.5) is 23.2 Å². The number of amides is 1. The van der Waals surface area contributed by atoms with Crippen LogP contribution in [0.2, 0.25) is 0 Å². The molecular formula is C33H36F4N6O. The molecule has 0 aliphatic heterocycles. The van der Waals surface area contributed by atoms with Gasteiger partial charge in [0.25, 0.3) is 5.91 Å². The predicted octanol–water partition coefficient (Wildman–Crippen LogP) is 6.82. The Morgan fingerprint density at radius 3 is 2.52 bits per heavy atom. The van der Waals surface area contributed by atoms with Crippen LogP contribution < -0.4 is 16.4 Å². The Morgan fingerprint density at radius 2 is 1.86 bits per heavy atom. The largest absolute Gasteiger partial charge is 0.435 e. The van der Waals surface area contributed by atoms with Crippen LogP contribution in [0.5, 0.6) is 0 Å². The quantitative estimate of drug-likeness (QED) is 0.154. The van der Waals surface area contributed by atoms with Crippen LogP contribution in [0.1, 0.15) is 72.4 Å². The van der Waals surface area contributed by atoms with E-state index in [1.807, 2.05) is 12.1 Å². The maximum atomic E-state index is 15.3. The van der Waals surface area contributed by atoms with Crippen LogP contribution in [-0.4, -0.2) is 27.2 Å². The molecule has 44 heavy (non-hydrogen) atoms. The standard InChI is InChI=1S/C33H36F4N6O/c1-21(2)19-40-32(13-12-22-8-9-22,25-6-4-14-39-20-25)24-10-11-27(34)28(16-24)41-31(44)29-17-30(33(35,36)37)42-43(29)26-7-3-5-23(15-26)18-38/h3-7,10-11,14-17,20-22,40H,8-9,12-13,18-19,38H2,1-2H3,(H,41,44). The highest BCUT2D eigenvalue weighted by Gasteiger charge is 2.38. The number of anilines is 1. The molecule has 0 spiro atoms. The third-order valence-corrected chi connectivity index (χ3v) is 7.92. The zero-order valence-electron chi connectivity index (χ0n) is 24.7. The van der Waals surface area contributed by atoms with Crippen molar-refractivity contribution in [3.63, 3.8) is 0 Å². The Labute approximate surface area is 253 Å². The molecule has 1 unspecified atom stereocenters. The number of nitrogens with two attached hydrogens (primary N) is 1. The average molecular weight is 609 g/mol. The lowest BCUT2D eigenvalue weighted by atomic mass is 9.78. The Bertz CT molecular complexity index is 1590. The monoisotopic (exact) mass is 608 g/mol. The molecule has 1 atom stereocenters. The van der Waals surface area contributed by atoms with E-state index in [-0.39, 0.29) is 17.9 Å². The molecule has 232 valence electrons. The molecule has 0 saturated heterocycles. The molecular weight excluding hydrogens is 572 g/mol. The lowest BCUT2D eigenvalue weighted by Crippen LogP contribution is -2.45. The summed E-state index contributed by atoms with van der Waals surface area (Å²) in [4.78, 5) is 17.9. The minimum atomic E-state index is -4.80. The van der Waals surface area contributed by atoms with Gasteiger partial charge in [0.15, 0.2) is 5.69 Å². The van der Waals surface area contributed by atoms with Gasteiger partial charge in [-0.2, -0.15) is 18.3 Å². The minimum Gasteiger partial charge on any atom is -0.326 e. The molecule has 2 aromatic carbocycles. The van der Waals surface area contributed by atoms with E-state index in [9.17, 15) is 18.0 Å². The third kappa shape index (κ3) is 7.00. The number of carbonyl (C=O) groups is 1. The molecule has 4 N–H and O–H groups in total. The molecule has 1 aliphatic rings. The van der Waals surface area contributed by atoms with Gasteiger partial charge in [0.2, 0.25) is 0 Å². The lowest BCUT2D eigenvalue weighted by Gasteiger charge is -2.37. The maximum Gasteiger partial charge on any atom is 0.435 e. The molecule has 11 heteroatoms. The second-order valence-corrected chi connectivity index (χ2v) is 11.8. The van der Waals surface area contributed by atoms with Gasteiger partial charge in [-0.3, -0.25) is 9.78 Å². The number of carbonyl (C=O) groups excluding carboxylic acids is 1. The molecule has 2 aromatic heterocycles. The third-order valence-electron chi connectivity index (χ3n) is 7.92. The number of nitrogens with zero attached hydrogens (tertiary/aromatic N) is 3. The highest BCUT2D eigenvalue weighted by molar-refractivity contribution is 6.03. The highest BCUT2D eigenvalue weighted by Crippen LogP contribution is 2.42. The predicted molar refractivity (Wildman–Crippen MR) is 161 cm³/mol. The summed E-state index contributed by atoms with van der Waals surface area (Å²) in [6, 6.07) is 15.4. The van der Waals surface area contributed by atoms with E-state index in [2.05, 4.69) is 34.6 Å². The van der Waals surface area contributed by atoms with Gasteiger partial charge in [-0.1, -0.05) is 51.0 Å². The minimum absolute atomic E-state index is 0.144. The first kappa shape index (κ1) is 31.3. The van der Waals surface area contributed by atoms with Crippen molar-refractivity contribution in [2.45, 2.75) is 57.8 Å². The van der Waals surface area contributed by atoms with Gasteiger partial charge in [-0.25, -0.2) is 9.07 Å². The zero-order chi connectivity index (χ0) is 31.5. The van der Waals surface area contributed by atoms with Crippen LogP contribution in [-0.2, 0) is 18.3 Å². The normalized spacial score (nSPS) is 14.9. The zero-order valence-corrected chi connectivity index (χ0v) is 24.7. The van der Waals surface area contributed by atoms with E-state index >= 15 is 4.39 Å². The van der Waals surface area contributed by atoms with Crippen molar-refractivity contribution >= 4 is 11.6 Å². The van der Waals surface area contributed by atoms with E-state index < -0.39 is 34.8 Å². The van der Waals surface area contributed by atoms with E-state index in [1.165, 1.54) is 25.0 Å². The number of benzene rings is 2. The van der Waals surface area contributed by atoms with Crippen LogP contribution in [0, 0.1) is 17.7 Å². The summed E-state index contributed by atoms with van der Waals surface area (Å²) < 4.78 is 57.3. The van der Waals surface area contributed by atoms with E-state index in [1.54, 1.807) is 42.7 Å². The fourth-order valence-corrected chi connectivity index (χ4v) is 5.33. The van der Waals surface area contributed by atoms with Gasteiger partial charge in [0, 0.05) is 25.0 Å². The average Bonchev–Trinajstić information content (AvgIpc) is 3.72. The Morgan fingerprint density at radius 1 is 1.07 bits per heavy atom. The van der Waals surface area contributed by atoms with Crippen LogP contribution in [0.3, 0.4) is 0 Å². The summed E-state index contributed by atoms with van der Waals surface area (Å²) in [6.45, 7) is 5.00. The smallest absolute Gasteiger partial charge is 0.326 e. The molecule has 1 amide bonds. The summed E-state index contributed by atoms with van der Waals surface area (Å²) >= 11 is 0. The number of pyridine rings is 1. The molecule has 1 fully saturated rings. The summed E-state index contributed by atoms with van der Waals surface area (Å²) in [5, 5.41) is 9.92. The SMILES string of the molecule is CC(C)CNC(CCC1CC1)(c1cccnc1)c1ccc(F)c(NC(=O)c2cc(C(F)(F)F)nn2-c2cccc(CN)c2)c1. The molecule has 1 aliphatic carbocycles. The molecule has 5 rings (SSSR count). The molecule has 0 radical (unpaired) electrons. The van der Waals surface area contributed by atoms with E-state index in [0.29, 0.717) is 42.0 Å². The second-order valence-electron chi connectivity index (χ2n) is 11.8. The molecule has 4 aromatic rings. The topological polar surface area (TPSA) is 97.9 Å². The van der Waals surface area contributed by atoms with Crippen molar-refractivity contribution in [3.05, 3.63) is 107 Å². The summed E-state index contributed by atoms with van der Waals surface area (Å²) in [7, 11) is 0. The van der Waals surface area contributed by atoms with Gasteiger partial charge >= 0.3 is 6.18 Å². The van der Waals surface area contributed by atoms with Gasteiger partial charge in [-0.15, -0.1) is 0 Å². The maximum absolute atomic E-state index is 15.3. The van der Waals surface area contributed by atoms with Crippen molar-refractivity contribution in [3.8, 4) is 5.69 Å². The Hall–Kier alpha value is -4.09. The number of alkyl halides is 3. The Balaban J connectivity index is 1.55. The van der Waals surface area contributed by atoms with Crippen LogP contribution >= 0.6 is 0 Å². The van der Waals surface area contributed by atoms with Crippen molar-refractivity contribution in [2.24, 2.45) is 17.6 Å². The number of hydrogen-bond acceptors (Lipinski definition) is 5. The first-order valence-corrected chi connectivity index (χ1v) is 14.7. The van der Waals surface area contributed by atoms with Crippen molar-refractivity contribution < 1.29 is 22.4 Å².